The Kier molecular flexibility index (Phi) is 6.04. The molecule has 0 saturated heterocycles. The summed E-state index contributed by atoms with van der Waals surface area (Å²) < 4.78 is 23.1. The molecule has 156 valence electrons. The Morgan fingerprint density at radius 1 is 1.13 bits per heavy atom. The van der Waals surface area contributed by atoms with Crippen LogP contribution < -0.4 is 5.32 Å². The Balaban J connectivity index is 1.53. The lowest BCUT2D eigenvalue weighted by molar-refractivity contribution is 0.243. The van der Waals surface area contributed by atoms with Gasteiger partial charge in [-0.05, 0) is 23.3 Å². The molecule has 0 atom stereocenters. The van der Waals surface area contributed by atoms with Crippen LogP contribution in [0.15, 0.2) is 54.9 Å². The minimum Gasteiger partial charge on any atom is -0.340 e. The van der Waals surface area contributed by atoms with E-state index in [1.54, 1.807) is 18.5 Å². The highest BCUT2D eigenvalue weighted by atomic mass is 35.5. The molecule has 3 aromatic rings. The standard InChI is InChI=1S/C22H23ClN4O2S/c1-30(28,29)14-17-7-8-18(11-20(17)23)26-22-19-13-27(10-9-21(19)24-15-25-22)12-16-5-3-2-4-6-16/h2-8,11,15H,9-10,12-14H2,1H3,(H,24,25,26). The average Bonchev–Trinajstić information content (AvgIpc) is 2.70. The molecular formula is C22H23ClN4O2S. The molecule has 1 aromatic heterocycles. The van der Waals surface area contributed by atoms with E-state index in [1.807, 2.05) is 12.1 Å². The molecule has 0 fully saturated rings. The highest BCUT2D eigenvalue weighted by Crippen LogP contribution is 2.29. The molecule has 4 rings (SSSR count). The highest BCUT2D eigenvalue weighted by molar-refractivity contribution is 7.89. The van der Waals surface area contributed by atoms with Crippen LogP contribution in [0.5, 0.6) is 0 Å². The van der Waals surface area contributed by atoms with Gasteiger partial charge in [-0.1, -0.05) is 48.0 Å². The number of hydrogen-bond donors (Lipinski definition) is 1. The number of sulfone groups is 1. The number of nitrogens with zero attached hydrogens (tertiary/aromatic N) is 3. The first-order valence-corrected chi connectivity index (χ1v) is 12.1. The fraction of sp³-hybridized carbons (Fsp3) is 0.273. The zero-order valence-electron chi connectivity index (χ0n) is 16.7. The van der Waals surface area contributed by atoms with E-state index in [0.717, 1.165) is 48.8 Å². The molecule has 6 nitrogen and oxygen atoms in total. The number of rotatable bonds is 6. The molecule has 0 spiro atoms. The largest absolute Gasteiger partial charge is 0.340 e. The van der Waals surface area contributed by atoms with Crippen LogP contribution in [0.4, 0.5) is 11.5 Å². The van der Waals surface area contributed by atoms with Gasteiger partial charge in [-0.15, -0.1) is 0 Å². The van der Waals surface area contributed by atoms with Gasteiger partial charge in [-0.2, -0.15) is 0 Å². The Bertz CT molecular complexity index is 1150. The first-order valence-electron chi connectivity index (χ1n) is 9.69. The average molecular weight is 443 g/mol. The van der Waals surface area contributed by atoms with Gasteiger partial charge >= 0.3 is 0 Å². The molecule has 0 amide bonds. The van der Waals surface area contributed by atoms with Crippen LogP contribution in [0, 0.1) is 0 Å². The van der Waals surface area contributed by atoms with E-state index in [-0.39, 0.29) is 5.75 Å². The van der Waals surface area contributed by atoms with Gasteiger partial charge in [-0.3, -0.25) is 4.90 Å². The SMILES string of the molecule is CS(=O)(=O)Cc1ccc(Nc2ncnc3c2CN(Cc2ccccc2)CC3)cc1Cl. The predicted molar refractivity (Wildman–Crippen MR) is 120 cm³/mol. The van der Waals surface area contributed by atoms with Crippen molar-refractivity contribution in [3.05, 3.63) is 82.3 Å². The van der Waals surface area contributed by atoms with Crippen molar-refractivity contribution < 1.29 is 8.42 Å². The number of hydrogen-bond acceptors (Lipinski definition) is 6. The predicted octanol–water partition coefficient (Wildman–Crippen LogP) is 3.98. The molecule has 8 heteroatoms. The molecule has 0 radical (unpaired) electrons. The molecule has 0 bridgehead atoms. The van der Waals surface area contributed by atoms with Gasteiger partial charge in [0.1, 0.15) is 12.1 Å². The maximum Gasteiger partial charge on any atom is 0.151 e. The zero-order chi connectivity index (χ0) is 21.1. The lowest BCUT2D eigenvalue weighted by Crippen LogP contribution is -2.31. The van der Waals surface area contributed by atoms with Crippen molar-refractivity contribution in [3.8, 4) is 0 Å². The molecule has 1 aliphatic rings. The van der Waals surface area contributed by atoms with Gasteiger partial charge in [0.15, 0.2) is 9.84 Å². The number of anilines is 2. The first-order chi connectivity index (χ1) is 14.4. The molecule has 30 heavy (non-hydrogen) atoms. The van der Waals surface area contributed by atoms with Crippen LogP contribution in [0.1, 0.15) is 22.4 Å². The van der Waals surface area contributed by atoms with E-state index in [9.17, 15) is 8.42 Å². The molecule has 0 saturated carbocycles. The minimum atomic E-state index is -3.15. The molecule has 2 heterocycles. The summed E-state index contributed by atoms with van der Waals surface area (Å²) in [5.41, 5.74) is 4.76. The quantitative estimate of drug-likeness (QED) is 0.622. The van der Waals surface area contributed by atoms with Crippen molar-refractivity contribution in [2.45, 2.75) is 25.3 Å². The summed E-state index contributed by atoms with van der Waals surface area (Å²) in [5, 5.41) is 3.75. The summed E-state index contributed by atoms with van der Waals surface area (Å²) in [6, 6.07) is 15.7. The van der Waals surface area contributed by atoms with E-state index < -0.39 is 9.84 Å². The van der Waals surface area contributed by atoms with Crippen LogP contribution in [-0.2, 0) is 35.1 Å². The topological polar surface area (TPSA) is 75.2 Å². The van der Waals surface area contributed by atoms with Gasteiger partial charge in [0.2, 0.25) is 0 Å². The zero-order valence-corrected chi connectivity index (χ0v) is 18.2. The fourth-order valence-corrected chi connectivity index (χ4v) is 4.79. The number of nitrogens with one attached hydrogen (secondary N) is 1. The second kappa shape index (κ2) is 8.71. The van der Waals surface area contributed by atoms with Gasteiger partial charge < -0.3 is 5.32 Å². The van der Waals surface area contributed by atoms with Crippen molar-refractivity contribution in [1.82, 2.24) is 14.9 Å². The third-order valence-electron chi connectivity index (χ3n) is 5.06. The van der Waals surface area contributed by atoms with Gasteiger partial charge in [0.05, 0.1) is 11.4 Å². The summed E-state index contributed by atoms with van der Waals surface area (Å²) >= 11 is 6.31. The van der Waals surface area contributed by atoms with Crippen molar-refractivity contribution in [3.63, 3.8) is 0 Å². The normalized spacial score (nSPS) is 14.3. The minimum absolute atomic E-state index is 0.0799. The maximum absolute atomic E-state index is 11.6. The Labute approximate surface area is 181 Å². The highest BCUT2D eigenvalue weighted by Gasteiger charge is 2.21. The summed E-state index contributed by atoms with van der Waals surface area (Å²) in [5.74, 6) is 0.674. The number of aromatic nitrogens is 2. The lowest BCUT2D eigenvalue weighted by atomic mass is 10.0. The second-order valence-electron chi connectivity index (χ2n) is 7.60. The van der Waals surface area contributed by atoms with Gasteiger partial charge in [-0.25, -0.2) is 18.4 Å². The Morgan fingerprint density at radius 3 is 2.67 bits per heavy atom. The third-order valence-corrected chi connectivity index (χ3v) is 6.25. The van der Waals surface area contributed by atoms with Crippen LogP contribution in [0.25, 0.3) is 0 Å². The van der Waals surface area contributed by atoms with E-state index in [2.05, 4.69) is 44.5 Å². The maximum atomic E-state index is 11.6. The van der Waals surface area contributed by atoms with Gasteiger partial charge in [0, 0.05) is 48.6 Å². The van der Waals surface area contributed by atoms with Crippen LogP contribution in [-0.4, -0.2) is 36.1 Å². The van der Waals surface area contributed by atoms with Crippen LogP contribution in [0.2, 0.25) is 5.02 Å². The smallest absolute Gasteiger partial charge is 0.151 e. The van der Waals surface area contributed by atoms with Crippen molar-refractivity contribution >= 4 is 32.9 Å². The third kappa shape index (κ3) is 5.16. The summed E-state index contributed by atoms with van der Waals surface area (Å²) in [6.07, 6.45) is 3.64. The molecule has 1 N–H and O–H groups in total. The monoisotopic (exact) mass is 442 g/mol. The number of fused-ring (bicyclic) bond motifs is 1. The summed E-state index contributed by atoms with van der Waals surface area (Å²) in [4.78, 5) is 11.3. The summed E-state index contributed by atoms with van der Waals surface area (Å²) in [7, 11) is -3.15. The number of benzene rings is 2. The second-order valence-corrected chi connectivity index (χ2v) is 10.1. The van der Waals surface area contributed by atoms with Crippen molar-refractivity contribution in [1.29, 1.82) is 0 Å². The van der Waals surface area contributed by atoms with E-state index in [0.29, 0.717) is 10.6 Å². The Hall–Kier alpha value is -2.48. The van der Waals surface area contributed by atoms with E-state index in [1.165, 1.54) is 11.8 Å². The fourth-order valence-electron chi connectivity index (χ4n) is 3.64. The van der Waals surface area contributed by atoms with Crippen LogP contribution in [0.3, 0.4) is 0 Å². The Morgan fingerprint density at radius 2 is 1.93 bits per heavy atom. The molecule has 2 aromatic carbocycles. The molecule has 1 aliphatic heterocycles. The molecule has 0 unspecified atom stereocenters. The van der Waals surface area contributed by atoms with Crippen molar-refractivity contribution in [2.24, 2.45) is 0 Å². The first kappa shape index (κ1) is 20.8. The molecule has 0 aliphatic carbocycles. The van der Waals surface area contributed by atoms with E-state index >= 15 is 0 Å². The van der Waals surface area contributed by atoms with E-state index in [4.69, 9.17) is 11.6 Å². The molecular weight excluding hydrogens is 420 g/mol. The summed E-state index contributed by atoms with van der Waals surface area (Å²) in [6.45, 7) is 2.58. The van der Waals surface area contributed by atoms with Crippen LogP contribution >= 0.6 is 11.6 Å². The number of halogens is 1. The van der Waals surface area contributed by atoms with Gasteiger partial charge in [0.25, 0.3) is 0 Å². The lowest BCUT2D eigenvalue weighted by Gasteiger charge is -2.29. The van der Waals surface area contributed by atoms with Crippen molar-refractivity contribution in [2.75, 3.05) is 18.1 Å².